The van der Waals surface area contributed by atoms with E-state index in [2.05, 4.69) is 20.8 Å². The van der Waals surface area contributed by atoms with Crippen molar-refractivity contribution in [1.29, 1.82) is 0 Å². The van der Waals surface area contributed by atoms with Crippen LogP contribution in [0.5, 0.6) is 0 Å². The van der Waals surface area contributed by atoms with Crippen LogP contribution in [0.2, 0.25) is 0 Å². The average Bonchev–Trinajstić information content (AvgIpc) is 3.25. The first-order valence-electron chi connectivity index (χ1n) is 7.48. The molecule has 1 aliphatic rings. The molecule has 2 heterocycles. The molecule has 0 spiro atoms. The van der Waals surface area contributed by atoms with E-state index in [0.29, 0.717) is 17.7 Å². The largest absolute Gasteiger partial charge is 0.467 e. The molecule has 1 fully saturated rings. The Bertz CT molecular complexity index is 607. The highest BCUT2D eigenvalue weighted by Gasteiger charge is 2.24. The van der Waals surface area contributed by atoms with Crippen LogP contribution in [0.1, 0.15) is 44.4 Å². The van der Waals surface area contributed by atoms with Crippen LogP contribution in [0, 0.1) is 0 Å². The van der Waals surface area contributed by atoms with Gasteiger partial charge in [0.05, 0.1) is 24.1 Å². The van der Waals surface area contributed by atoms with E-state index < -0.39 is 0 Å². The molecule has 0 aromatic carbocycles. The van der Waals surface area contributed by atoms with Crippen LogP contribution in [-0.4, -0.2) is 31.4 Å². The fraction of sp³-hybridized carbons (Fsp3) is 0.571. The van der Waals surface area contributed by atoms with E-state index in [4.69, 9.17) is 4.42 Å². The number of thioether (sulfide) groups is 1. The van der Waals surface area contributed by atoms with E-state index in [9.17, 15) is 4.79 Å². The number of hydrogen-bond acceptors (Lipinski definition) is 6. The third-order valence-electron chi connectivity index (χ3n) is 3.80. The van der Waals surface area contributed by atoms with E-state index >= 15 is 0 Å². The number of hydrogen-bond donors (Lipinski definition) is 1. The van der Waals surface area contributed by atoms with Gasteiger partial charge in [0.25, 0.3) is 0 Å². The van der Waals surface area contributed by atoms with E-state index in [-0.39, 0.29) is 11.2 Å². The van der Waals surface area contributed by atoms with Crippen molar-refractivity contribution in [2.45, 2.75) is 55.6 Å². The van der Waals surface area contributed by atoms with E-state index in [1.165, 1.54) is 24.6 Å². The van der Waals surface area contributed by atoms with Gasteiger partial charge < -0.3 is 9.73 Å². The van der Waals surface area contributed by atoms with Gasteiger partial charge in [-0.3, -0.25) is 4.79 Å². The molecule has 0 bridgehead atoms. The smallest absolute Gasteiger partial charge is 0.233 e. The highest BCUT2D eigenvalue weighted by atomic mass is 32.2. The Labute approximate surface area is 132 Å². The molecule has 3 rings (SSSR count). The predicted molar refractivity (Wildman–Crippen MR) is 81.2 cm³/mol. The topological polar surface area (TPSA) is 85.8 Å². The minimum atomic E-state index is -0.263. The quantitative estimate of drug-likeness (QED) is 0.821. The molecule has 1 amide bonds. The number of furan rings is 1. The Morgan fingerprint density at radius 3 is 3.09 bits per heavy atom. The van der Waals surface area contributed by atoms with Crippen molar-refractivity contribution in [1.82, 2.24) is 25.5 Å². The van der Waals surface area contributed by atoms with Crippen LogP contribution < -0.4 is 5.32 Å². The zero-order valence-electron chi connectivity index (χ0n) is 12.4. The van der Waals surface area contributed by atoms with Crippen LogP contribution in [0.15, 0.2) is 28.0 Å². The summed E-state index contributed by atoms with van der Waals surface area (Å²) in [5.74, 6) is 0.684. The van der Waals surface area contributed by atoms with Gasteiger partial charge in [0.2, 0.25) is 11.1 Å². The molecule has 1 saturated carbocycles. The van der Waals surface area contributed by atoms with Gasteiger partial charge in [0, 0.05) is 0 Å². The molecule has 1 atom stereocenters. The van der Waals surface area contributed by atoms with E-state index in [0.717, 1.165) is 18.6 Å². The van der Waals surface area contributed by atoms with Gasteiger partial charge in [-0.25, -0.2) is 4.68 Å². The summed E-state index contributed by atoms with van der Waals surface area (Å²) in [5, 5.41) is 15.2. The van der Waals surface area contributed by atoms with Crippen LogP contribution in [0.25, 0.3) is 0 Å². The minimum absolute atomic E-state index is 0.0534. The molecule has 0 aliphatic heterocycles. The molecule has 22 heavy (non-hydrogen) atoms. The molecule has 2 aromatic heterocycles. The van der Waals surface area contributed by atoms with Crippen molar-refractivity contribution in [3.8, 4) is 0 Å². The lowest BCUT2D eigenvalue weighted by atomic mass is 10.3. The van der Waals surface area contributed by atoms with Gasteiger partial charge in [-0.1, -0.05) is 24.6 Å². The molecule has 0 saturated heterocycles. The number of aromatic nitrogens is 4. The normalized spacial score (nSPS) is 16.8. The summed E-state index contributed by atoms with van der Waals surface area (Å²) < 4.78 is 7.07. The third kappa shape index (κ3) is 3.49. The average molecular weight is 321 g/mol. The van der Waals surface area contributed by atoms with E-state index in [1.54, 1.807) is 12.3 Å². The lowest BCUT2D eigenvalue weighted by molar-refractivity contribution is -0.120. The molecule has 0 radical (unpaired) electrons. The van der Waals surface area contributed by atoms with Crippen molar-refractivity contribution < 1.29 is 9.21 Å². The van der Waals surface area contributed by atoms with Crippen LogP contribution in [0.3, 0.4) is 0 Å². The maximum atomic E-state index is 12.1. The Kier molecular flexibility index (Phi) is 4.77. The molecular formula is C14H19N5O2S. The molecule has 2 aromatic rings. The van der Waals surface area contributed by atoms with Gasteiger partial charge in [0.15, 0.2) is 0 Å². The zero-order valence-corrected chi connectivity index (χ0v) is 13.3. The Morgan fingerprint density at radius 1 is 1.55 bits per heavy atom. The summed E-state index contributed by atoms with van der Waals surface area (Å²) in [6.07, 6.45) is 6.24. The Morgan fingerprint density at radius 2 is 2.36 bits per heavy atom. The highest BCUT2D eigenvalue weighted by Crippen LogP contribution is 2.32. The number of tetrazole rings is 1. The standard InChI is InChI=1S/C14H19N5O2S/c1-10(13(20)15-9-12-7-4-8-21-12)22-14-16-17-18-19(14)11-5-2-3-6-11/h4,7-8,10-11H,2-3,5-6,9H2,1H3,(H,15,20)/t10-/m0/s1. The van der Waals surface area contributed by atoms with Crippen molar-refractivity contribution in [3.63, 3.8) is 0 Å². The summed E-state index contributed by atoms with van der Waals surface area (Å²) in [6, 6.07) is 4.00. The number of nitrogens with one attached hydrogen (secondary N) is 1. The molecule has 8 heteroatoms. The molecule has 7 nitrogen and oxygen atoms in total. The maximum Gasteiger partial charge on any atom is 0.233 e. The molecular weight excluding hydrogens is 302 g/mol. The first kappa shape index (κ1) is 15.1. The van der Waals surface area contributed by atoms with Gasteiger partial charge in [0.1, 0.15) is 5.76 Å². The van der Waals surface area contributed by atoms with Crippen LogP contribution in [0.4, 0.5) is 0 Å². The van der Waals surface area contributed by atoms with Crippen LogP contribution >= 0.6 is 11.8 Å². The monoisotopic (exact) mass is 321 g/mol. The second-order valence-electron chi connectivity index (χ2n) is 5.40. The van der Waals surface area contributed by atoms with Crippen LogP contribution in [-0.2, 0) is 11.3 Å². The third-order valence-corrected chi connectivity index (χ3v) is 4.85. The van der Waals surface area contributed by atoms with Gasteiger partial charge in [-0.05, 0) is 42.3 Å². The number of carbonyl (C=O) groups is 1. The summed E-state index contributed by atoms with van der Waals surface area (Å²) >= 11 is 1.39. The number of amides is 1. The number of rotatable bonds is 6. The first-order valence-corrected chi connectivity index (χ1v) is 8.36. The van der Waals surface area contributed by atoms with Crippen molar-refractivity contribution in [2.24, 2.45) is 0 Å². The Balaban J connectivity index is 1.55. The fourth-order valence-corrected chi connectivity index (χ4v) is 3.47. The predicted octanol–water partition coefficient (Wildman–Crippen LogP) is 2.18. The summed E-state index contributed by atoms with van der Waals surface area (Å²) in [5.41, 5.74) is 0. The van der Waals surface area contributed by atoms with Gasteiger partial charge in [-0.15, -0.1) is 5.10 Å². The van der Waals surface area contributed by atoms with Crippen molar-refractivity contribution in [2.75, 3.05) is 0 Å². The molecule has 1 N–H and O–H groups in total. The minimum Gasteiger partial charge on any atom is -0.467 e. The van der Waals surface area contributed by atoms with Crippen molar-refractivity contribution >= 4 is 17.7 Å². The van der Waals surface area contributed by atoms with Crippen molar-refractivity contribution in [3.05, 3.63) is 24.2 Å². The number of carbonyl (C=O) groups excluding carboxylic acids is 1. The van der Waals surface area contributed by atoms with E-state index in [1.807, 2.05) is 17.7 Å². The zero-order chi connectivity index (χ0) is 15.4. The SMILES string of the molecule is C[C@H](Sc1nnnn1C1CCCC1)C(=O)NCc1ccco1. The van der Waals surface area contributed by atoms with Gasteiger partial charge in [-0.2, -0.15) is 0 Å². The summed E-state index contributed by atoms with van der Waals surface area (Å²) in [7, 11) is 0. The highest BCUT2D eigenvalue weighted by molar-refractivity contribution is 8.00. The molecule has 0 unspecified atom stereocenters. The fourth-order valence-electron chi connectivity index (χ4n) is 2.58. The Hall–Kier alpha value is -1.83. The van der Waals surface area contributed by atoms with Gasteiger partial charge >= 0.3 is 0 Å². The summed E-state index contributed by atoms with van der Waals surface area (Å²) in [4.78, 5) is 12.1. The second-order valence-corrected chi connectivity index (χ2v) is 6.71. The second kappa shape index (κ2) is 6.95. The summed E-state index contributed by atoms with van der Waals surface area (Å²) in [6.45, 7) is 2.25. The lowest BCUT2D eigenvalue weighted by Crippen LogP contribution is -2.30. The lowest BCUT2D eigenvalue weighted by Gasteiger charge is -2.14. The maximum absolute atomic E-state index is 12.1. The number of nitrogens with zero attached hydrogens (tertiary/aromatic N) is 4. The molecule has 1 aliphatic carbocycles. The first-order chi connectivity index (χ1) is 10.7. The molecule has 118 valence electrons.